The van der Waals surface area contributed by atoms with Crippen molar-refractivity contribution < 1.29 is 18.3 Å². The number of carbonyl (C=O) groups excluding carboxylic acids is 1. The molecule has 3 aromatic rings. The number of aromatic nitrogens is 2. The number of hydrogen-bond acceptors (Lipinski definition) is 5. The smallest absolute Gasteiger partial charge is 0.270 e. The van der Waals surface area contributed by atoms with Gasteiger partial charge < -0.3 is 15.4 Å². The zero-order valence-corrected chi connectivity index (χ0v) is 15.3. The minimum atomic E-state index is -0.762. The minimum absolute atomic E-state index is 0.0836. The van der Waals surface area contributed by atoms with E-state index >= 15 is 0 Å². The molecule has 1 heterocycles. The maximum atomic E-state index is 13.8. The van der Waals surface area contributed by atoms with Gasteiger partial charge >= 0.3 is 0 Å². The number of methoxy groups -OCH3 is 1. The number of amides is 1. The Balaban J connectivity index is 1.73. The molecule has 0 radical (unpaired) electrons. The number of para-hydroxylation sites is 1. The van der Waals surface area contributed by atoms with Gasteiger partial charge in [0.2, 0.25) is 0 Å². The van der Waals surface area contributed by atoms with Crippen LogP contribution in [0.4, 0.5) is 20.3 Å². The van der Waals surface area contributed by atoms with Gasteiger partial charge in [0.25, 0.3) is 5.91 Å². The summed E-state index contributed by atoms with van der Waals surface area (Å²) in [6, 6.07) is 12.1. The average molecular weight is 384 g/mol. The number of hydrogen-bond donors (Lipinski definition) is 2. The molecule has 0 saturated heterocycles. The summed E-state index contributed by atoms with van der Waals surface area (Å²) in [4.78, 5) is 20.6. The number of rotatable bonds is 6. The zero-order valence-electron chi connectivity index (χ0n) is 15.3. The van der Waals surface area contributed by atoms with Crippen LogP contribution in [0.2, 0.25) is 0 Å². The summed E-state index contributed by atoms with van der Waals surface area (Å²) in [7, 11) is 1.58. The van der Waals surface area contributed by atoms with Gasteiger partial charge in [-0.1, -0.05) is 18.2 Å². The molecule has 2 aromatic carbocycles. The molecular formula is C20H18F2N4O2. The predicted octanol–water partition coefficient (Wildman–Crippen LogP) is 3.75. The number of anilines is 2. The monoisotopic (exact) mass is 384 g/mol. The lowest BCUT2D eigenvalue weighted by atomic mass is 10.2. The lowest BCUT2D eigenvalue weighted by Crippen LogP contribution is -2.24. The highest BCUT2D eigenvalue weighted by atomic mass is 19.1. The van der Waals surface area contributed by atoms with Gasteiger partial charge in [0.15, 0.2) is 0 Å². The Morgan fingerprint density at radius 3 is 2.39 bits per heavy atom. The van der Waals surface area contributed by atoms with Gasteiger partial charge in [-0.2, -0.15) is 0 Å². The van der Waals surface area contributed by atoms with E-state index in [4.69, 9.17) is 4.74 Å². The van der Waals surface area contributed by atoms with Crippen LogP contribution in [0.5, 0.6) is 5.75 Å². The number of ether oxygens (including phenoxy) is 1. The van der Waals surface area contributed by atoms with Crippen LogP contribution >= 0.6 is 0 Å². The second kappa shape index (κ2) is 8.43. The van der Waals surface area contributed by atoms with Crippen molar-refractivity contribution in [2.75, 3.05) is 12.4 Å². The van der Waals surface area contributed by atoms with Crippen LogP contribution in [-0.4, -0.2) is 23.0 Å². The van der Waals surface area contributed by atoms with Gasteiger partial charge in [-0.25, -0.2) is 18.7 Å². The molecule has 0 fully saturated rings. The summed E-state index contributed by atoms with van der Waals surface area (Å²) in [5.74, 6) is -0.832. The highest BCUT2D eigenvalue weighted by Crippen LogP contribution is 2.22. The van der Waals surface area contributed by atoms with Crippen LogP contribution in [0.15, 0.2) is 48.5 Å². The first-order valence-electron chi connectivity index (χ1n) is 8.44. The van der Waals surface area contributed by atoms with E-state index in [1.54, 1.807) is 26.2 Å². The van der Waals surface area contributed by atoms with E-state index in [0.29, 0.717) is 0 Å². The van der Waals surface area contributed by atoms with Gasteiger partial charge in [-0.15, -0.1) is 0 Å². The maximum absolute atomic E-state index is 13.8. The van der Waals surface area contributed by atoms with Gasteiger partial charge in [0, 0.05) is 12.6 Å². The summed E-state index contributed by atoms with van der Waals surface area (Å²) in [6.45, 7) is 1.87. The first kappa shape index (κ1) is 19.2. The van der Waals surface area contributed by atoms with Crippen LogP contribution < -0.4 is 15.4 Å². The van der Waals surface area contributed by atoms with Crippen LogP contribution in [0.25, 0.3) is 0 Å². The third-order valence-corrected chi connectivity index (χ3v) is 3.90. The molecule has 144 valence electrons. The minimum Gasteiger partial charge on any atom is -0.497 e. The predicted molar refractivity (Wildman–Crippen MR) is 101 cm³/mol. The van der Waals surface area contributed by atoms with Crippen molar-refractivity contribution in [2.24, 2.45) is 0 Å². The van der Waals surface area contributed by atoms with E-state index in [1.807, 2.05) is 12.1 Å². The Labute approximate surface area is 160 Å². The summed E-state index contributed by atoms with van der Waals surface area (Å²) in [5.41, 5.74) is 0.622. The molecule has 0 aliphatic rings. The Morgan fingerprint density at radius 2 is 1.75 bits per heavy atom. The van der Waals surface area contributed by atoms with E-state index in [2.05, 4.69) is 20.6 Å². The summed E-state index contributed by atoms with van der Waals surface area (Å²) in [6.07, 6.45) is 0. The van der Waals surface area contributed by atoms with Crippen LogP contribution in [0.3, 0.4) is 0 Å². The number of halogens is 2. The molecule has 0 spiro atoms. The molecule has 3 rings (SSSR count). The van der Waals surface area contributed by atoms with Crippen molar-refractivity contribution in [1.82, 2.24) is 15.3 Å². The molecule has 1 aromatic heterocycles. The van der Waals surface area contributed by atoms with Crippen molar-refractivity contribution in [1.29, 1.82) is 0 Å². The lowest BCUT2D eigenvalue weighted by molar-refractivity contribution is 0.0945. The molecule has 2 N–H and O–H groups in total. The van der Waals surface area contributed by atoms with Crippen LogP contribution in [-0.2, 0) is 6.54 Å². The molecular weight excluding hydrogens is 366 g/mol. The number of carbonyl (C=O) groups is 1. The van der Waals surface area contributed by atoms with Crippen LogP contribution in [0, 0.1) is 18.6 Å². The van der Waals surface area contributed by atoms with Crippen LogP contribution in [0.1, 0.15) is 21.9 Å². The Hall–Kier alpha value is -3.55. The zero-order chi connectivity index (χ0) is 20.1. The van der Waals surface area contributed by atoms with Crippen molar-refractivity contribution in [3.05, 3.63) is 77.2 Å². The topological polar surface area (TPSA) is 76.1 Å². The van der Waals surface area contributed by atoms with Crippen molar-refractivity contribution >= 4 is 17.4 Å². The Bertz CT molecular complexity index is 974. The normalized spacial score (nSPS) is 10.4. The van der Waals surface area contributed by atoms with Crippen molar-refractivity contribution in [3.63, 3.8) is 0 Å². The van der Waals surface area contributed by atoms with Crippen molar-refractivity contribution in [3.8, 4) is 5.75 Å². The quantitative estimate of drug-likeness (QED) is 0.677. The Morgan fingerprint density at radius 1 is 1.07 bits per heavy atom. The molecule has 0 aliphatic heterocycles. The molecule has 8 heteroatoms. The Kier molecular flexibility index (Phi) is 5.78. The second-order valence-electron chi connectivity index (χ2n) is 5.94. The summed E-state index contributed by atoms with van der Waals surface area (Å²) >= 11 is 0. The fourth-order valence-corrected chi connectivity index (χ4v) is 2.51. The molecule has 1 amide bonds. The average Bonchev–Trinajstić information content (AvgIpc) is 2.69. The molecule has 0 bridgehead atoms. The standard InChI is InChI=1S/C20H18F2N4O2/c1-12-24-17(20(27)23-11-13-6-8-14(28-2)9-7-13)10-18(25-12)26-19-15(21)4-3-5-16(19)22/h3-10H,11H2,1-2H3,(H,23,27)(H,24,25,26). The molecule has 0 aliphatic carbocycles. The first-order valence-corrected chi connectivity index (χ1v) is 8.44. The summed E-state index contributed by atoms with van der Waals surface area (Å²) < 4.78 is 32.7. The lowest BCUT2D eigenvalue weighted by Gasteiger charge is -2.10. The van der Waals surface area contributed by atoms with E-state index in [9.17, 15) is 13.6 Å². The fourth-order valence-electron chi connectivity index (χ4n) is 2.51. The molecule has 28 heavy (non-hydrogen) atoms. The number of nitrogens with one attached hydrogen (secondary N) is 2. The second-order valence-corrected chi connectivity index (χ2v) is 5.94. The van der Waals surface area contributed by atoms with Gasteiger partial charge in [-0.05, 0) is 36.8 Å². The SMILES string of the molecule is COc1ccc(CNC(=O)c2cc(Nc3c(F)cccc3F)nc(C)n2)cc1. The third kappa shape index (κ3) is 4.59. The number of nitrogens with zero attached hydrogens (tertiary/aromatic N) is 2. The van der Waals surface area contributed by atoms with E-state index < -0.39 is 17.5 Å². The fraction of sp³-hybridized carbons (Fsp3) is 0.150. The van der Waals surface area contributed by atoms with Gasteiger partial charge in [0.1, 0.15) is 40.4 Å². The largest absolute Gasteiger partial charge is 0.497 e. The van der Waals surface area contributed by atoms with E-state index in [1.165, 1.54) is 12.1 Å². The molecule has 0 atom stereocenters. The molecule has 6 nitrogen and oxygen atoms in total. The third-order valence-electron chi connectivity index (χ3n) is 3.90. The van der Waals surface area contributed by atoms with Crippen molar-refractivity contribution in [2.45, 2.75) is 13.5 Å². The molecule has 0 saturated carbocycles. The molecule has 0 unspecified atom stereocenters. The maximum Gasteiger partial charge on any atom is 0.270 e. The number of benzene rings is 2. The van der Waals surface area contributed by atoms with E-state index in [0.717, 1.165) is 23.4 Å². The van der Waals surface area contributed by atoms with Gasteiger partial charge in [0.05, 0.1) is 7.11 Å². The first-order chi connectivity index (χ1) is 13.5. The highest BCUT2D eigenvalue weighted by molar-refractivity contribution is 5.93. The summed E-state index contributed by atoms with van der Waals surface area (Å²) in [5, 5.41) is 5.32. The van der Waals surface area contributed by atoms with Gasteiger partial charge in [-0.3, -0.25) is 4.79 Å². The number of aryl methyl sites for hydroxylation is 1. The highest BCUT2D eigenvalue weighted by Gasteiger charge is 2.13. The van der Waals surface area contributed by atoms with E-state index in [-0.39, 0.29) is 29.6 Å².